The monoisotopic (exact) mass is 956 g/mol. The fourth-order valence-corrected chi connectivity index (χ4v) is 8.91. The highest BCUT2D eigenvalue weighted by Crippen LogP contribution is 2.39. The number of hydrogen-bond acceptors (Lipinski definition) is 8. The molecule has 6 aromatic carbocycles. The lowest BCUT2D eigenvalue weighted by molar-refractivity contribution is -0.138. The minimum atomic E-state index is -0.828. The van der Waals surface area contributed by atoms with Crippen LogP contribution in [0.5, 0.6) is 34.5 Å². The third-order valence-electron chi connectivity index (χ3n) is 12.8. The van der Waals surface area contributed by atoms with Crippen molar-refractivity contribution < 1.29 is 57.0 Å². The van der Waals surface area contributed by atoms with Crippen LogP contribution in [0.25, 0.3) is 22.3 Å². The maximum absolute atomic E-state index is 14.8. The van der Waals surface area contributed by atoms with Crippen molar-refractivity contribution in [3.63, 3.8) is 0 Å². The van der Waals surface area contributed by atoms with Crippen LogP contribution in [0.4, 0.5) is 8.78 Å². The molecule has 6 aromatic rings. The Hall–Kier alpha value is -7.08. The van der Waals surface area contributed by atoms with Gasteiger partial charge in [-0.2, -0.15) is 0 Å². The van der Waals surface area contributed by atoms with Gasteiger partial charge in [0.25, 0.3) is 0 Å². The topological polar surface area (TPSA) is 130 Å². The lowest BCUT2D eigenvalue weighted by Gasteiger charge is -2.19. The van der Waals surface area contributed by atoms with Gasteiger partial charge in [0, 0.05) is 22.3 Å². The molecule has 368 valence electrons. The Morgan fingerprint density at radius 1 is 0.514 bits per heavy atom. The van der Waals surface area contributed by atoms with E-state index in [-0.39, 0.29) is 48.5 Å². The molecular formula is C58H62F2O10. The van der Waals surface area contributed by atoms with Gasteiger partial charge in [-0.1, -0.05) is 62.4 Å². The van der Waals surface area contributed by atoms with Crippen LogP contribution in [0.3, 0.4) is 0 Å². The van der Waals surface area contributed by atoms with Crippen LogP contribution in [0.1, 0.15) is 112 Å². The minimum Gasteiger partial charge on any atom is -0.497 e. The Bertz CT molecular complexity index is 2520. The standard InChI is InChI=1S/2C29H31FO5/c2*1-19(14-29(31)32)21-6-5-9-24(16-21)34-18-20-10-12-25(26-17-23(33-2)11-13-27(26)30)28(15-20)35-22-7-3-4-8-22/h2*5-6,9-13,15-17,19,22H,3-4,7-8,14,18H2,1-2H3,(H,31,32)/t2*19-/m10/s1. The van der Waals surface area contributed by atoms with Gasteiger partial charge in [0.15, 0.2) is 0 Å². The summed E-state index contributed by atoms with van der Waals surface area (Å²) in [6.45, 7) is 4.38. The number of ether oxygens (including phenoxy) is 6. The lowest BCUT2D eigenvalue weighted by atomic mass is 9.98. The summed E-state index contributed by atoms with van der Waals surface area (Å²) in [5.41, 5.74) is 5.86. The summed E-state index contributed by atoms with van der Waals surface area (Å²) in [5, 5.41) is 18.1. The van der Waals surface area contributed by atoms with Crippen molar-refractivity contribution in [2.24, 2.45) is 0 Å². The molecule has 2 N–H and O–H groups in total. The summed E-state index contributed by atoms with van der Waals surface area (Å²) in [5.74, 6) is 1.22. The first-order chi connectivity index (χ1) is 33.8. The van der Waals surface area contributed by atoms with Gasteiger partial charge in [0.2, 0.25) is 0 Å². The average molecular weight is 957 g/mol. The summed E-state index contributed by atoms with van der Waals surface area (Å²) >= 11 is 0. The number of hydrogen-bond donors (Lipinski definition) is 2. The van der Waals surface area contributed by atoms with Crippen molar-refractivity contribution in [3.8, 4) is 56.8 Å². The van der Waals surface area contributed by atoms with Gasteiger partial charge < -0.3 is 38.6 Å². The molecule has 2 aliphatic carbocycles. The smallest absolute Gasteiger partial charge is 0.303 e. The van der Waals surface area contributed by atoms with E-state index in [0.29, 0.717) is 70.0 Å². The number of carbonyl (C=O) groups is 2. The molecule has 0 saturated heterocycles. The van der Waals surface area contributed by atoms with Crippen molar-refractivity contribution in [2.45, 2.75) is 115 Å². The van der Waals surface area contributed by atoms with Crippen LogP contribution in [-0.2, 0) is 22.8 Å². The third-order valence-corrected chi connectivity index (χ3v) is 12.8. The Balaban J connectivity index is 0.000000206. The zero-order valence-corrected chi connectivity index (χ0v) is 40.3. The van der Waals surface area contributed by atoms with E-state index in [2.05, 4.69) is 0 Å². The summed E-state index contributed by atoms with van der Waals surface area (Å²) in [4.78, 5) is 22.1. The molecule has 0 aromatic heterocycles. The second-order valence-electron chi connectivity index (χ2n) is 18.1. The molecule has 0 aliphatic heterocycles. The molecule has 2 atom stereocenters. The molecule has 0 bridgehead atoms. The first-order valence-corrected chi connectivity index (χ1v) is 24.0. The second kappa shape index (κ2) is 24.5. The van der Waals surface area contributed by atoms with E-state index < -0.39 is 11.9 Å². The zero-order valence-electron chi connectivity index (χ0n) is 40.3. The number of rotatable bonds is 20. The fraction of sp³-hybridized carbons (Fsp3) is 0.345. The molecule has 0 heterocycles. The Labute approximate surface area is 409 Å². The molecule has 2 fully saturated rings. The maximum Gasteiger partial charge on any atom is 0.303 e. The summed E-state index contributed by atoms with van der Waals surface area (Å²) in [6.07, 6.45) is 8.84. The molecule has 2 aliphatic rings. The summed E-state index contributed by atoms with van der Waals surface area (Å²) < 4.78 is 64.9. The number of benzene rings is 6. The van der Waals surface area contributed by atoms with Gasteiger partial charge in [-0.3, -0.25) is 9.59 Å². The van der Waals surface area contributed by atoms with Crippen molar-refractivity contribution >= 4 is 11.9 Å². The van der Waals surface area contributed by atoms with E-state index in [9.17, 15) is 18.4 Å². The van der Waals surface area contributed by atoms with Crippen molar-refractivity contribution in [3.05, 3.63) is 155 Å². The quantitative estimate of drug-likeness (QED) is 0.0763. The first-order valence-electron chi connectivity index (χ1n) is 24.0. The normalized spacial score (nSPS) is 14.5. The molecule has 0 spiro atoms. The molecule has 10 nitrogen and oxygen atoms in total. The summed E-state index contributed by atoms with van der Waals surface area (Å²) in [6, 6.07) is 35.8. The van der Waals surface area contributed by atoms with Crippen LogP contribution in [-0.4, -0.2) is 48.6 Å². The first kappa shape index (κ1) is 50.8. The molecule has 8 rings (SSSR count). The van der Waals surface area contributed by atoms with E-state index >= 15 is 0 Å². The zero-order chi connectivity index (χ0) is 49.6. The van der Waals surface area contributed by atoms with E-state index in [1.54, 1.807) is 38.5 Å². The van der Waals surface area contributed by atoms with E-state index in [1.165, 1.54) is 12.1 Å². The van der Waals surface area contributed by atoms with E-state index in [4.69, 9.17) is 38.6 Å². The largest absolute Gasteiger partial charge is 0.497 e. The summed E-state index contributed by atoms with van der Waals surface area (Å²) in [7, 11) is 3.12. The highest BCUT2D eigenvalue weighted by molar-refractivity contribution is 5.74. The SMILES string of the molecule is COc1ccc(F)c(-c2ccc(COc3cccc([C@@H](C)CC(=O)O)c3)cc2OC2CCCC2)c1.COc1ccc(F)c(-c2ccc(COc3cccc([C@H](C)CC(=O)O)c3)cc2OC2CCCC2)c1. The van der Waals surface area contributed by atoms with Gasteiger partial charge in [-0.15, -0.1) is 0 Å². The molecule has 0 unspecified atom stereocenters. The molecular weight excluding hydrogens is 895 g/mol. The van der Waals surface area contributed by atoms with E-state index in [0.717, 1.165) is 73.6 Å². The van der Waals surface area contributed by atoms with E-state index in [1.807, 2.05) is 98.8 Å². The maximum atomic E-state index is 14.8. The molecule has 70 heavy (non-hydrogen) atoms. The third kappa shape index (κ3) is 14.0. The van der Waals surface area contributed by atoms with Crippen LogP contribution < -0.4 is 28.4 Å². The number of methoxy groups -OCH3 is 2. The lowest BCUT2D eigenvalue weighted by Crippen LogP contribution is -2.12. The van der Waals surface area contributed by atoms with Crippen molar-refractivity contribution in [2.75, 3.05) is 14.2 Å². The van der Waals surface area contributed by atoms with Gasteiger partial charge in [0.05, 0.1) is 39.3 Å². The molecule has 2 saturated carbocycles. The number of aliphatic carboxylic acids is 2. The number of carboxylic acids is 2. The van der Waals surface area contributed by atoms with Crippen LogP contribution in [0.15, 0.2) is 121 Å². The van der Waals surface area contributed by atoms with Crippen LogP contribution >= 0.6 is 0 Å². The van der Waals surface area contributed by atoms with Gasteiger partial charge >= 0.3 is 11.9 Å². The van der Waals surface area contributed by atoms with Gasteiger partial charge in [-0.25, -0.2) is 8.78 Å². The number of carboxylic acid groups (broad SMARTS) is 2. The highest BCUT2D eigenvalue weighted by Gasteiger charge is 2.23. The van der Waals surface area contributed by atoms with Crippen molar-refractivity contribution in [1.29, 1.82) is 0 Å². The van der Waals surface area contributed by atoms with Crippen LogP contribution in [0, 0.1) is 11.6 Å². The Morgan fingerprint density at radius 2 is 0.914 bits per heavy atom. The number of halogens is 2. The predicted molar refractivity (Wildman–Crippen MR) is 265 cm³/mol. The molecule has 0 amide bonds. The van der Waals surface area contributed by atoms with Gasteiger partial charge in [0.1, 0.15) is 59.3 Å². The van der Waals surface area contributed by atoms with Crippen molar-refractivity contribution in [1.82, 2.24) is 0 Å². The second-order valence-corrected chi connectivity index (χ2v) is 18.1. The molecule has 12 heteroatoms. The predicted octanol–water partition coefficient (Wildman–Crippen LogP) is 14.0. The average Bonchev–Trinajstić information content (AvgIpc) is 4.09. The fourth-order valence-electron chi connectivity index (χ4n) is 8.91. The minimum absolute atomic E-state index is 0.0631. The van der Waals surface area contributed by atoms with Gasteiger partial charge in [-0.05, 0) is 158 Å². The molecule has 0 radical (unpaired) electrons. The Kier molecular flexibility index (Phi) is 17.7. The van der Waals surface area contributed by atoms with Crippen LogP contribution in [0.2, 0.25) is 0 Å². The highest BCUT2D eigenvalue weighted by atomic mass is 19.1. The Morgan fingerprint density at radius 3 is 1.29 bits per heavy atom.